The number of benzene rings is 1. The Balaban J connectivity index is 1.96. The van der Waals surface area contributed by atoms with Crippen LogP contribution >= 0.6 is 0 Å². The first-order chi connectivity index (χ1) is 8.22. The van der Waals surface area contributed by atoms with Crippen LogP contribution in [-0.4, -0.2) is 24.4 Å². The van der Waals surface area contributed by atoms with Gasteiger partial charge in [0.15, 0.2) is 0 Å². The van der Waals surface area contributed by atoms with Crippen molar-refractivity contribution in [2.24, 2.45) is 0 Å². The molecule has 0 aliphatic heterocycles. The third-order valence-electron chi connectivity index (χ3n) is 3.48. The summed E-state index contributed by atoms with van der Waals surface area (Å²) in [7, 11) is 1.68. The highest BCUT2D eigenvalue weighted by molar-refractivity contribution is 5.29. The third kappa shape index (κ3) is 2.99. The molecule has 0 saturated heterocycles. The highest BCUT2D eigenvalue weighted by atomic mass is 16.5. The Kier molecular flexibility index (Phi) is 4.02. The third-order valence-corrected chi connectivity index (χ3v) is 3.48. The molecule has 0 heterocycles. The van der Waals surface area contributed by atoms with Crippen LogP contribution in [0.25, 0.3) is 0 Å². The summed E-state index contributed by atoms with van der Waals surface area (Å²) >= 11 is 0. The van der Waals surface area contributed by atoms with E-state index >= 15 is 0 Å². The van der Waals surface area contributed by atoms with E-state index in [0.717, 1.165) is 25.0 Å². The number of hydrogen-bond donors (Lipinski definition) is 2. The van der Waals surface area contributed by atoms with Crippen molar-refractivity contribution in [3.63, 3.8) is 0 Å². The summed E-state index contributed by atoms with van der Waals surface area (Å²) in [5, 5.41) is 12.9. The van der Waals surface area contributed by atoms with E-state index in [0.29, 0.717) is 12.1 Å². The zero-order valence-electron chi connectivity index (χ0n) is 10.5. The molecule has 94 valence electrons. The first-order valence-electron chi connectivity index (χ1n) is 6.31. The minimum absolute atomic E-state index is 0.0964. The van der Waals surface area contributed by atoms with Gasteiger partial charge in [-0.3, -0.25) is 0 Å². The van der Waals surface area contributed by atoms with Gasteiger partial charge >= 0.3 is 0 Å². The average Bonchev–Trinajstić information content (AvgIpc) is 2.33. The molecule has 1 aliphatic carbocycles. The summed E-state index contributed by atoms with van der Waals surface area (Å²) in [6, 6.07) is 9.05. The lowest BCUT2D eigenvalue weighted by Crippen LogP contribution is -2.45. The van der Waals surface area contributed by atoms with Gasteiger partial charge in [-0.2, -0.15) is 0 Å². The number of rotatable bonds is 5. The second-order valence-electron chi connectivity index (χ2n) is 4.72. The number of methoxy groups -OCH3 is 1. The summed E-state index contributed by atoms with van der Waals surface area (Å²) < 4.78 is 5.16. The van der Waals surface area contributed by atoms with E-state index in [1.165, 1.54) is 5.56 Å². The molecule has 3 nitrogen and oxygen atoms in total. The fourth-order valence-corrected chi connectivity index (χ4v) is 2.29. The maximum atomic E-state index is 9.29. The molecule has 1 aromatic carbocycles. The van der Waals surface area contributed by atoms with Gasteiger partial charge in [-0.15, -0.1) is 0 Å². The van der Waals surface area contributed by atoms with Crippen LogP contribution in [0.1, 0.15) is 37.8 Å². The maximum Gasteiger partial charge on any atom is 0.118 e. The highest BCUT2D eigenvalue weighted by Gasteiger charge is 2.28. The van der Waals surface area contributed by atoms with E-state index in [2.05, 4.69) is 24.4 Å². The van der Waals surface area contributed by atoms with Crippen molar-refractivity contribution < 1.29 is 9.84 Å². The standard InChI is InChI=1S/C14H21NO2/c1-3-14(15-11-8-12(16)9-11)10-4-6-13(17-2)7-5-10/h4-7,11-12,14-16H,3,8-9H2,1-2H3. The number of nitrogens with one attached hydrogen (secondary N) is 1. The van der Waals surface area contributed by atoms with Crippen molar-refractivity contribution in [1.82, 2.24) is 5.32 Å². The molecule has 1 fully saturated rings. The van der Waals surface area contributed by atoms with Crippen LogP contribution < -0.4 is 10.1 Å². The number of aliphatic hydroxyl groups is 1. The monoisotopic (exact) mass is 235 g/mol. The molecule has 0 amide bonds. The van der Waals surface area contributed by atoms with Gasteiger partial charge in [0.2, 0.25) is 0 Å². The molecule has 0 spiro atoms. The lowest BCUT2D eigenvalue weighted by molar-refractivity contribution is 0.0574. The van der Waals surface area contributed by atoms with Crippen molar-refractivity contribution in [1.29, 1.82) is 0 Å². The molecule has 1 aromatic rings. The molecule has 17 heavy (non-hydrogen) atoms. The van der Waals surface area contributed by atoms with Crippen molar-refractivity contribution in [3.8, 4) is 5.75 Å². The molecule has 2 rings (SSSR count). The van der Waals surface area contributed by atoms with E-state index in [1.54, 1.807) is 7.11 Å². The zero-order chi connectivity index (χ0) is 12.3. The fraction of sp³-hybridized carbons (Fsp3) is 0.571. The first kappa shape index (κ1) is 12.4. The van der Waals surface area contributed by atoms with E-state index in [1.807, 2.05) is 12.1 Å². The summed E-state index contributed by atoms with van der Waals surface area (Å²) in [5.41, 5.74) is 1.29. The molecule has 1 unspecified atom stereocenters. The van der Waals surface area contributed by atoms with Gasteiger partial charge in [0.1, 0.15) is 5.75 Å². The largest absolute Gasteiger partial charge is 0.497 e. The molecule has 3 heteroatoms. The van der Waals surface area contributed by atoms with Crippen LogP contribution in [0, 0.1) is 0 Å². The summed E-state index contributed by atoms with van der Waals surface area (Å²) in [6.07, 6.45) is 2.72. The lowest BCUT2D eigenvalue weighted by Gasteiger charge is -2.35. The second-order valence-corrected chi connectivity index (χ2v) is 4.72. The smallest absolute Gasteiger partial charge is 0.118 e. The Bertz CT molecular complexity index is 344. The van der Waals surface area contributed by atoms with Crippen molar-refractivity contribution in [2.45, 2.75) is 44.4 Å². The van der Waals surface area contributed by atoms with Crippen molar-refractivity contribution >= 4 is 0 Å². The Morgan fingerprint density at radius 2 is 2.00 bits per heavy atom. The second kappa shape index (κ2) is 5.52. The minimum Gasteiger partial charge on any atom is -0.497 e. The summed E-state index contributed by atoms with van der Waals surface area (Å²) in [5.74, 6) is 0.891. The Morgan fingerprint density at radius 1 is 1.35 bits per heavy atom. The predicted octanol–water partition coefficient (Wildman–Crippen LogP) is 2.26. The van der Waals surface area contributed by atoms with Crippen LogP contribution in [0.4, 0.5) is 0 Å². The van der Waals surface area contributed by atoms with Gasteiger partial charge in [-0.25, -0.2) is 0 Å². The molecule has 1 aliphatic rings. The summed E-state index contributed by atoms with van der Waals surface area (Å²) in [6.45, 7) is 2.18. The minimum atomic E-state index is -0.0964. The SMILES string of the molecule is CCC(NC1CC(O)C1)c1ccc(OC)cc1. The van der Waals surface area contributed by atoms with Crippen LogP contribution in [0.5, 0.6) is 5.75 Å². The number of ether oxygens (including phenoxy) is 1. The van der Waals surface area contributed by atoms with Crippen molar-refractivity contribution in [2.75, 3.05) is 7.11 Å². The van der Waals surface area contributed by atoms with E-state index < -0.39 is 0 Å². The molecule has 1 saturated carbocycles. The maximum absolute atomic E-state index is 9.29. The molecular weight excluding hydrogens is 214 g/mol. The highest BCUT2D eigenvalue weighted by Crippen LogP contribution is 2.26. The van der Waals surface area contributed by atoms with Crippen LogP contribution in [0.3, 0.4) is 0 Å². The lowest BCUT2D eigenvalue weighted by atomic mass is 9.88. The quantitative estimate of drug-likeness (QED) is 0.822. The molecule has 0 aromatic heterocycles. The van der Waals surface area contributed by atoms with Gasteiger partial charge in [0.05, 0.1) is 13.2 Å². The average molecular weight is 235 g/mol. The molecule has 1 atom stereocenters. The first-order valence-corrected chi connectivity index (χ1v) is 6.31. The van der Waals surface area contributed by atoms with Crippen LogP contribution in [0.2, 0.25) is 0 Å². The summed E-state index contributed by atoms with van der Waals surface area (Å²) in [4.78, 5) is 0. The molecule has 2 N–H and O–H groups in total. The van der Waals surface area contributed by atoms with Gasteiger partial charge in [-0.1, -0.05) is 19.1 Å². The predicted molar refractivity (Wildman–Crippen MR) is 68.2 cm³/mol. The molecule has 0 bridgehead atoms. The van der Waals surface area contributed by atoms with Crippen molar-refractivity contribution in [3.05, 3.63) is 29.8 Å². The normalized spacial score (nSPS) is 25.1. The van der Waals surface area contributed by atoms with E-state index in [9.17, 15) is 5.11 Å². The Morgan fingerprint density at radius 3 is 2.47 bits per heavy atom. The van der Waals surface area contributed by atoms with E-state index in [4.69, 9.17) is 4.74 Å². The van der Waals surface area contributed by atoms with Crippen LogP contribution in [0.15, 0.2) is 24.3 Å². The molecular formula is C14H21NO2. The topological polar surface area (TPSA) is 41.5 Å². The zero-order valence-corrected chi connectivity index (χ0v) is 10.5. The fourth-order valence-electron chi connectivity index (χ4n) is 2.29. The van der Waals surface area contributed by atoms with Gasteiger partial charge in [0, 0.05) is 12.1 Å². The van der Waals surface area contributed by atoms with Crippen LogP contribution in [-0.2, 0) is 0 Å². The molecule has 0 radical (unpaired) electrons. The Hall–Kier alpha value is -1.06. The van der Waals surface area contributed by atoms with Gasteiger partial charge in [0.25, 0.3) is 0 Å². The Labute approximate surface area is 103 Å². The van der Waals surface area contributed by atoms with E-state index in [-0.39, 0.29) is 6.10 Å². The number of hydrogen-bond acceptors (Lipinski definition) is 3. The van der Waals surface area contributed by atoms with Gasteiger partial charge < -0.3 is 15.2 Å². The van der Waals surface area contributed by atoms with Gasteiger partial charge in [-0.05, 0) is 37.0 Å². The number of aliphatic hydroxyl groups excluding tert-OH is 1.